The third kappa shape index (κ3) is 3.35. The lowest BCUT2D eigenvalue weighted by Gasteiger charge is -2.12. The zero-order chi connectivity index (χ0) is 10.6. The first-order valence-corrected chi connectivity index (χ1v) is 6.12. The van der Waals surface area contributed by atoms with E-state index < -0.39 is 0 Å². The molecule has 0 aliphatic heterocycles. The molecule has 1 aromatic rings. The summed E-state index contributed by atoms with van der Waals surface area (Å²) in [4.78, 5) is 1.01. The predicted molar refractivity (Wildman–Crippen MR) is 65.5 cm³/mol. The molecule has 1 atom stereocenters. The molecule has 78 valence electrons. The summed E-state index contributed by atoms with van der Waals surface area (Å²) >= 11 is 13.6. The van der Waals surface area contributed by atoms with Crippen LogP contribution in [0.3, 0.4) is 0 Å². The minimum atomic E-state index is 0.408. The Morgan fingerprint density at radius 1 is 1.43 bits per heavy atom. The molecule has 1 aromatic carbocycles. The molecule has 0 saturated heterocycles. The molecular formula is C10H13Cl2NS. The standard InChI is InChI=1S/C10H13Cl2NS/c1-2-8(6-13)14-10-5-7(11)3-4-9(10)12/h3-5,8H,2,6,13H2,1H3/t8-/m1/s1. The second-order valence-corrected chi connectivity index (χ2v) is 5.14. The predicted octanol–water partition coefficient (Wildman–Crippen LogP) is 3.82. The van der Waals surface area contributed by atoms with E-state index in [9.17, 15) is 0 Å². The first-order chi connectivity index (χ1) is 6.67. The molecule has 0 radical (unpaired) electrons. The number of rotatable bonds is 4. The Morgan fingerprint density at radius 3 is 2.71 bits per heavy atom. The highest BCUT2D eigenvalue weighted by Crippen LogP contribution is 2.33. The average molecular weight is 250 g/mol. The maximum atomic E-state index is 6.03. The smallest absolute Gasteiger partial charge is 0.0543 e. The highest BCUT2D eigenvalue weighted by molar-refractivity contribution is 8.00. The summed E-state index contributed by atoms with van der Waals surface area (Å²) < 4.78 is 0. The minimum Gasteiger partial charge on any atom is -0.329 e. The summed E-state index contributed by atoms with van der Waals surface area (Å²) in [5, 5.41) is 1.86. The average Bonchev–Trinajstić information content (AvgIpc) is 2.19. The van der Waals surface area contributed by atoms with Gasteiger partial charge in [-0.05, 0) is 24.6 Å². The zero-order valence-electron chi connectivity index (χ0n) is 7.97. The Bertz CT molecular complexity index is 300. The SMILES string of the molecule is CC[C@H](CN)Sc1cc(Cl)ccc1Cl. The van der Waals surface area contributed by atoms with Crippen LogP contribution in [0, 0.1) is 0 Å². The third-order valence-electron chi connectivity index (χ3n) is 1.91. The van der Waals surface area contributed by atoms with Crippen LogP contribution >= 0.6 is 35.0 Å². The molecule has 0 fully saturated rings. The monoisotopic (exact) mass is 249 g/mol. The lowest BCUT2D eigenvalue weighted by molar-refractivity contribution is 0.827. The molecule has 0 unspecified atom stereocenters. The number of halogens is 2. The van der Waals surface area contributed by atoms with Crippen molar-refractivity contribution in [3.05, 3.63) is 28.2 Å². The Morgan fingerprint density at radius 2 is 2.14 bits per heavy atom. The van der Waals surface area contributed by atoms with Gasteiger partial charge in [0, 0.05) is 21.7 Å². The number of thioether (sulfide) groups is 1. The van der Waals surface area contributed by atoms with Gasteiger partial charge < -0.3 is 5.73 Å². The van der Waals surface area contributed by atoms with Crippen LogP contribution in [0.25, 0.3) is 0 Å². The van der Waals surface area contributed by atoms with Crippen LogP contribution in [0.15, 0.2) is 23.1 Å². The van der Waals surface area contributed by atoms with Gasteiger partial charge in [-0.2, -0.15) is 0 Å². The summed E-state index contributed by atoms with van der Waals surface area (Å²) in [7, 11) is 0. The number of hydrogen-bond donors (Lipinski definition) is 1. The normalized spacial score (nSPS) is 12.9. The van der Waals surface area contributed by atoms with E-state index >= 15 is 0 Å². The molecule has 2 N–H and O–H groups in total. The lowest BCUT2D eigenvalue weighted by atomic mass is 10.3. The van der Waals surface area contributed by atoms with Crippen molar-refractivity contribution in [3.8, 4) is 0 Å². The Kier molecular flexibility index (Phi) is 5.10. The van der Waals surface area contributed by atoms with Crippen molar-refractivity contribution < 1.29 is 0 Å². The molecule has 1 nitrogen and oxygen atoms in total. The largest absolute Gasteiger partial charge is 0.329 e. The van der Waals surface area contributed by atoms with Crippen molar-refractivity contribution >= 4 is 35.0 Å². The highest BCUT2D eigenvalue weighted by atomic mass is 35.5. The van der Waals surface area contributed by atoms with E-state index in [0.29, 0.717) is 16.8 Å². The van der Waals surface area contributed by atoms with Gasteiger partial charge in [-0.3, -0.25) is 0 Å². The van der Waals surface area contributed by atoms with Crippen molar-refractivity contribution in [3.63, 3.8) is 0 Å². The van der Waals surface area contributed by atoms with Gasteiger partial charge in [0.2, 0.25) is 0 Å². The van der Waals surface area contributed by atoms with Gasteiger partial charge in [0.25, 0.3) is 0 Å². The number of hydrogen-bond acceptors (Lipinski definition) is 2. The fourth-order valence-electron chi connectivity index (χ4n) is 1.05. The molecule has 0 saturated carbocycles. The van der Waals surface area contributed by atoms with E-state index in [2.05, 4.69) is 6.92 Å². The van der Waals surface area contributed by atoms with Crippen LogP contribution in [0.2, 0.25) is 10.0 Å². The summed E-state index contributed by atoms with van der Waals surface area (Å²) in [5.41, 5.74) is 5.62. The molecule has 0 amide bonds. The lowest BCUT2D eigenvalue weighted by Crippen LogP contribution is -2.15. The van der Waals surface area contributed by atoms with Crippen LogP contribution in [0.5, 0.6) is 0 Å². The van der Waals surface area contributed by atoms with Gasteiger partial charge in [0.1, 0.15) is 0 Å². The van der Waals surface area contributed by atoms with Gasteiger partial charge in [-0.25, -0.2) is 0 Å². The van der Waals surface area contributed by atoms with Gasteiger partial charge in [0.05, 0.1) is 5.02 Å². The zero-order valence-corrected chi connectivity index (χ0v) is 10.3. The second-order valence-electron chi connectivity index (χ2n) is 2.96. The van der Waals surface area contributed by atoms with Crippen molar-refractivity contribution in [2.24, 2.45) is 5.73 Å². The van der Waals surface area contributed by atoms with E-state index in [1.165, 1.54) is 0 Å². The van der Waals surface area contributed by atoms with Crippen LogP contribution < -0.4 is 5.73 Å². The van der Waals surface area contributed by atoms with Crippen molar-refractivity contribution in [1.29, 1.82) is 0 Å². The summed E-state index contributed by atoms with van der Waals surface area (Å²) in [5.74, 6) is 0. The fourth-order valence-corrected chi connectivity index (χ4v) is 2.53. The molecule has 1 rings (SSSR count). The third-order valence-corrected chi connectivity index (χ3v) is 4.03. The van der Waals surface area contributed by atoms with Gasteiger partial charge in [0.15, 0.2) is 0 Å². The van der Waals surface area contributed by atoms with E-state index in [0.717, 1.165) is 16.3 Å². The highest BCUT2D eigenvalue weighted by Gasteiger charge is 2.09. The van der Waals surface area contributed by atoms with Crippen molar-refractivity contribution in [1.82, 2.24) is 0 Å². The van der Waals surface area contributed by atoms with E-state index in [1.807, 2.05) is 12.1 Å². The summed E-state index contributed by atoms with van der Waals surface area (Å²) in [6.45, 7) is 2.77. The molecule has 14 heavy (non-hydrogen) atoms. The summed E-state index contributed by atoms with van der Waals surface area (Å²) in [6.07, 6.45) is 1.03. The van der Waals surface area contributed by atoms with Gasteiger partial charge >= 0.3 is 0 Å². The Labute approximate surface area is 99.0 Å². The molecule has 0 aromatic heterocycles. The van der Waals surface area contributed by atoms with E-state index in [4.69, 9.17) is 28.9 Å². The van der Waals surface area contributed by atoms with Crippen LogP contribution in [-0.2, 0) is 0 Å². The molecule has 0 spiro atoms. The molecular weight excluding hydrogens is 237 g/mol. The first kappa shape index (κ1) is 12.2. The fraction of sp³-hybridized carbons (Fsp3) is 0.400. The van der Waals surface area contributed by atoms with Crippen LogP contribution in [-0.4, -0.2) is 11.8 Å². The molecule has 0 aliphatic rings. The molecule has 0 bridgehead atoms. The van der Waals surface area contributed by atoms with Crippen molar-refractivity contribution in [2.45, 2.75) is 23.5 Å². The maximum absolute atomic E-state index is 6.03. The van der Waals surface area contributed by atoms with Crippen LogP contribution in [0.1, 0.15) is 13.3 Å². The van der Waals surface area contributed by atoms with E-state index in [1.54, 1.807) is 17.8 Å². The molecule has 4 heteroatoms. The summed E-state index contributed by atoms with van der Waals surface area (Å²) in [6, 6.07) is 5.49. The minimum absolute atomic E-state index is 0.408. The maximum Gasteiger partial charge on any atom is 0.0543 e. The molecule has 0 heterocycles. The topological polar surface area (TPSA) is 26.0 Å². The Balaban J connectivity index is 2.79. The van der Waals surface area contributed by atoms with Gasteiger partial charge in [-0.1, -0.05) is 30.1 Å². The van der Waals surface area contributed by atoms with E-state index in [-0.39, 0.29) is 0 Å². The number of nitrogens with two attached hydrogens (primary N) is 1. The number of benzene rings is 1. The van der Waals surface area contributed by atoms with Crippen molar-refractivity contribution in [2.75, 3.05) is 6.54 Å². The van der Waals surface area contributed by atoms with Gasteiger partial charge in [-0.15, -0.1) is 11.8 Å². The Hall–Kier alpha value is 0.110. The molecule has 0 aliphatic carbocycles. The quantitative estimate of drug-likeness (QED) is 0.822. The first-order valence-electron chi connectivity index (χ1n) is 4.49. The van der Waals surface area contributed by atoms with Crippen LogP contribution in [0.4, 0.5) is 0 Å². The second kappa shape index (κ2) is 5.86.